The fourth-order valence-electron chi connectivity index (χ4n) is 2.50. The first-order chi connectivity index (χ1) is 9.24. The number of anilines is 1. The average Bonchev–Trinajstić information content (AvgIpc) is 3.11. The van der Waals surface area contributed by atoms with Crippen molar-refractivity contribution in [3.05, 3.63) is 35.5 Å². The summed E-state index contributed by atoms with van der Waals surface area (Å²) in [4.78, 5) is 8.24. The lowest BCUT2D eigenvalue weighted by Crippen LogP contribution is -2.17. The molecular weight excluding hydrogens is 252 g/mol. The zero-order valence-electron chi connectivity index (χ0n) is 11.6. The van der Waals surface area contributed by atoms with Crippen LogP contribution in [0.25, 0.3) is 10.4 Å². The van der Waals surface area contributed by atoms with Gasteiger partial charge in [0.1, 0.15) is 0 Å². The van der Waals surface area contributed by atoms with Crippen LogP contribution in [-0.2, 0) is 0 Å². The third-order valence-corrected chi connectivity index (χ3v) is 4.99. The highest BCUT2D eigenvalue weighted by Gasteiger charge is 2.12. The van der Waals surface area contributed by atoms with Crippen molar-refractivity contribution in [3.8, 4) is 10.4 Å². The third-order valence-electron chi connectivity index (χ3n) is 3.64. The Balaban J connectivity index is 1.81. The molecular formula is C16H20N2S. The molecule has 0 bridgehead atoms. The molecule has 19 heavy (non-hydrogen) atoms. The Kier molecular flexibility index (Phi) is 3.56. The van der Waals surface area contributed by atoms with E-state index in [1.54, 1.807) is 0 Å². The third kappa shape index (κ3) is 2.66. The summed E-state index contributed by atoms with van der Waals surface area (Å²) in [6, 6.07) is 8.95. The summed E-state index contributed by atoms with van der Waals surface area (Å²) in [5, 5.41) is 1.22. The van der Waals surface area contributed by atoms with Crippen molar-refractivity contribution in [1.82, 2.24) is 4.98 Å². The topological polar surface area (TPSA) is 16.1 Å². The van der Waals surface area contributed by atoms with E-state index in [1.165, 1.54) is 47.1 Å². The van der Waals surface area contributed by atoms with Gasteiger partial charge in [0.15, 0.2) is 0 Å². The molecule has 0 N–H and O–H groups in total. The molecule has 2 heterocycles. The van der Waals surface area contributed by atoms with Crippen molar-refractivity contribution >= 4 is 17.0 Å². The first-order valence-electron chi connectivity index (χ1n) is 7.05. The van der Waals surface area contributed by atoms with Gasteiger partial charge in [-0.1, -0.05) is 26.0 Å². The highest BCUT2D eigenvalue weighted by atomic mass is 32.1. The molecule has 0 saturated carbocycles. The van der Waals surface area contributed by atoms with E-state index in [2.05, 4.69) is 48.0 Å². The average molecular weight is 272 g/mol. The molecule has 100 valence electrons. The lowest BCUT2D eigenvalue weighted by Gasteiger charge is -2.17. The van der Waals surface area contributed by atoms with Crippen LogP contribution in [0.15, 0.2) is 30.5 Å². The number of nitrogens with zero attached hydrogens (tertiary/aromatic N) is 2. The molecule has 3 rings (SSSR count). The lowest BCUT2D eigenvalue weighted by atomic mass is 10.2. The molecule has 1 aliphatic rings. The van der Waals surface area contributed by atoms with Gasteiger partial charge < -0.3 is 4.90 Å². The molecule has 1 saturated heterocycles. The van der Waals surface area contributed by atoms with Gasteiger partial charge in [-0.15, -0.1) is 11.3 Å². The maximum Gasteiger partial charge on any atom is 0.0956 e. The molecule has 0 atom stereocenters. The molecule has 0 spiro atoms. The molecule has 0 unspecified atom stereocenters. The zero-order chi connectivity index (χ0) is 13.2. The Morgan fingerprint density at radius 1 is 1.11 bits per heavy atom. The standard InChI is InChI=1S/C16H20N2S/c1-12(2)16-17-11-15(19-16)13-5-7-14(8-6-13)18-9-3-4-10-18/h5-8,11-12H,3-4,9-10H2,1-2H3. The second-order valence-corrected chi connectivity index (χ2v) is 6.52. The molecule has 2 nitrogen and oxygen atoms in total. The SMILES string of the molecule is CC(C)c1ncc(-c2ccc(N3CCCC3)cc2)s1. The highest BCUT2D eigenvalue weighted by Crippen LogP contribution is 2.31. The van der Waals surface area contributed by atoms with Crippen LogP contribution < -0.4 is 4.90 Å². The molecule has 0 aliphatic carbocycles. The van der Waals surface area contributed by atoms with E-state index in [9.17, 15) is 0 Å². The number of hydrogen-bond acceptors (Lipinski definition) is 3. The van der Waals surface area contributed by atoms with Gasteiger partial charge in [0.2, 0.25) is 0 Å². The van der Waals surface area contributed by atoms with E-state index in [0.29, 0.717) is 5.92 Å². The number of benzene rings is 1. The Labute approximate surface area is 119 Å². The summed E-state index contributed by atoms with van der Waals surface area (Å²) in [5.41, 5.74) is 2.64. The second-order valence-electron chi connectivity index (χ2n) is 5.46. The normalized spacial score (nSPS) is 15.4. The van der Waals surface area contributed by atoms with Crippen LogP contribution in [0, 0.1) is 0 Å². The second kappa shape index (κ2) is 5.33. The summed E-state index contributed by atoms with van der Waals surface area (Å²) in [5.74, 6) is 0.516. The van der Waals surface area contributed by atoms with Crippen LogP contribution in [0.5, 0.6) is 0 Å². The monoisotopic (exact) mass is 272 g/mol. The fourth-order valence-corrected chi connectivity index (χ4v) is 3.43. The summed E-state index contributed by atoms with van der Waals surface area (Å²) >= 11 is 1.81. The van der Waals surface area contributed by atoms with Gasteiger partial charge in [0, 0.05) is 30.9 Å². The van der Waals surface area contributed by atoms with Gasteiger partial charge in [0.05, 0.1) is 9.88 Å². The summed E-state index contributed by atoms with van der Waals surface area (Å²) < 4.78 is 0. The molecule has 1 aromatic carbocycles. The largest absolute Gasteiger partial charge is 0.372 e. The van der Waals surface area contributed by atoms with E-state index >= 15 is 0 Å². The minimum atomic E-state index is 0.516. The van der Waals surface area contributed by atoms with Crippen LogP contribution in [0.4, 0.5) is 5.69 Å². The Bertz CT molecular complexity index is 536. The number of rotatable bonds is 3. The van der Waals surface area contributed by atoms with Gasteiger partial charge in [-0.25, -0.2) is 4.98 Å². The zero-order valence-corrected chi connectivity index (χ0v) is 12.4. The summed E-state index contributed by atoms with van der Waals surface area (Å²) in [7, 11) is 0. The van der Waals surface area contributed by atoms with E-state index in [-0.39, 0.29) is 0 Å². The quantitative estimate of drug-likeness (QED) is 0.816. The Morgan fingerprint density at radius 2 is 1.79 bits per heavy atom. The molecule has 1 aromatic heterocycles. The predicted molar refractivity (Wildman–Crippen MR) is 83.1 cm³/mol. The van der Waals surface area contributed by atoms with Crippen LogP contribution in [0.3, 0.4) is 0 Å². The van der Waals surface area contributed by atoms with E-state index in [0.717, 1.165) is 0 Å². The fraction of sp³-hybridized carbons (Fsp3) is 0.438. The van der Waals surface area contributed by atoms with Gasteiger partial charge in [-0.2, -0.15) is 0 Å². The van der Waals surface area contributed by atoms with E-state index in [4.69, 9.17) is 0 Å². The maximum atomic E-state index is 4.50. The Hall–Kier alpha value is -1.35. The number of thiazole rings is 1. The smallest absolute Gasteiger partial charge is 0.0956 e. The molecule has 3 heteroatoms. The van der Waals surface area contributed by atoms with E-state index in [1.807, 2.05) is 17.5 Å². The molecule has 1 aliphatic heterocycles. The summed E-state index contributed by atoms with van der Waals surface area (Å²) in [6.07, 6.45) is 4.66. The van der Waals surface area contributed by atoms with Crippen LogP contribution >= 0.6 is 11.3 Å². The van der Waals surface area contributed by atoms with Crippen molar-refractivity contribution in [3.63, 3.8) is 0 Å². The molecule has 0 amide bonds. The van der Waals surface area contributed by atoms with E-state index < -0.39 is 0 Å². The minimum Gasteiger partial charge on any atom is -0.372 e. The van der Waals surface area contributed by atoms with Gasteiger partial charge in [-0.05, 0) is 30.5 Å². The summed E-state index contributed by atoms with van der Waals surface area (Å²) in [6.45, 7) is 6.80. The molecule has 1 fully saturated rings. The van der Waals surface area contributed by atoms with Crippen molar-refractivity contribution in [2.24, 2.45) is 0 Å². The van der Waals surface area contributed by atoms with Gasteiger partial charge >= 0.3 is 0 Å². The predicted octanol–water partition coefficient (Wildman–Crippen LogP) is 4.53. The van der Waals surface area contributed by atoms with Gasteiger partial charge in [0.25, 0.3) is 0 Å². The molecule has 0 radical (unpaired) electrons. The lowest BCUT2D eigenvalue weighted by molar-refractivity contribution is 0.852. The number of hydrogen-bond donors (Lipinski definition) is 0. The Morgan fingerprint density at radius 3 is 2.37 bits per heavy atom. The van der Waals surface area contributed by atoms with Gasteiger partial charge in [-0.3, -0.25) is 0 Å². The van der Waals surface area contributed by atoms with Crippen LogP contribution in [0.1, 0.15) is 37.6 Å². The van der Waals surface area contributed by atoms with Crippen LogP contribution in [0.2, 0.25) is 0 Å². The molecule has 2 aromatic rings. The first kappa shape index (κ1) is 12.7. The number of aromatic nitrogens is 1. The maximum absolute atomic E-state index is 4.50. The van der Waals surface area contributed by atoms with Crippen molar-refractivity contribution < 1.29 is 0 Å². The minimum absolute atomic E-state index is 0.516. The first-order valence-corrected chi connectivity index (χ1v) is 7.87. The van der Waals surface area contributed by atoms with Crippen molar-refractivity contribution in [2.45, 2.75) is 32.6 Å². The van der Waals surface area contributed by atoms with Crippen molar-refractivity contribution in [1.29, 1.82) is 0 Å². The highest BCUT2D eigenvalue weighted by molar-refractivity contribution is 7.15. The van der Waals surface area contributed by atoms with Crippen LogP contribution in [-0.4, -0.2) is 18.1 Å². The van der Waals surface area contributed by atoms with Crippen molar-refractivity contribution in [2.75, 3.05) is 18.0 Å².